The molecule has 3 rings (SSSR count). The Balaban J connectivity index is 1.94. The number of aliphatic hydroxyl groups excluding tert-OH is 1. The molecule has 0 unspecified atom stereocenters. The van der Waals surface area contributed by atoms with Crippen molar-refractivity contribution in [3.05, 3.63) is 53.6 Å². The molecule has 0 bridgehead atoms. The maximum atomic E-state index is 12.6. The molecule has 0 aliphatic rings. The average molecular weight is 337 g/mol. The summed E-state index contributed by atoms with van der Waals surface area (Å²) < 4.78 is 43.3. The van der Waals surface area contributed by atoms with Crippen LogP contribution >= 0.6 is 11.5 Å². The summed E-state index contributed by atoms with van der Waals surface area (Å²) in [4.78, 5) is 0. The van der Waals surface area contributed by atoms with Crippen molar-refractivity contribution in [2.75, 3.05) is 6.61 Å². The van der Waals surface area contributed by atoms with E-state index in [1.807, 2.05) is 18.2 Å². The fourth-order valence-electron chi connectivity index (χ4n) is 2.45. The Morgan fingerprint density at radius 2 is 1.78 bits per heavy atom. The molecule has 0 aliphatic carbocycles. The number of halogens is 3. The number of benzene rings is 2. The van der Waals surface area contributed by atoms with Crippen molar-refractivity contribution in [3.63, 3.8) is 0 Å². The topological polar surface area (TPSA) is 33.1 Å². The van der Waals surface area contributed by atoms with Gasteiger partial charge in [0.15, 0.2) is 0 Å². The van der Waals surface area contributed by atoms with Crippen LogP contribution in [0.15, 0.2) is 42.5 Å². The predicted octanol–water partition coefficient (Wildman–Crippen LogP) is 4.91. The van der Waals surface area contributed by atoms with E-state index < -0.39 is 11.7 Å². The van der Waals surface area contributed by atoms with E-state index in [9.17, 15) is 13.2 Å². The molecule has 6 heteroatoms. The minimum absolute atomic E-state index is 0.150. The van der Waals surface area contributed by atoms with Crippen LogP contribution in [0.1, 0.15) is 17.5 Å². The van der Waals surface area contributed by atoms with E-state index >= 15 is 0 Å². The molecule has 0 saturated carbocycles. The number of aromatic nitrogens is 1. The highest BCUT2D eigenvalue weighted by atomic mass is 32.1. The molecule has 120 valence electrons. The highest BCUT2D eigenvalue weighted by Crippen LogP contribution is 2.34. The largest absolute Gasteiger partial charge is 0.416 e. The average Bonchev–Trinajstić information content (AvgIpc) is 2.95. The highest BCUT2D eigenvalue weighted by molar-refractivity contribution is 7.13. The Morgan fingerprint density at radius 1 is 1.04 bits per heavy atom. The molecular formula is C17H14F3NOS. The zero-order chi connectivity index (χ0) is 16.4. The Bertz CT molecular complexity index is 809. The number of hydrogen-bond donors (Lipinski definition) is 1. The second kappa shape index (κ2) is 6.29. The number of aryl methyl sites for hydroxylation is 1. The van der Waals surface area contributed by atoms with Gasteiger partial charge in [-0.25, -0.2) is 0 Å². The summed E-state index contributed by atoms with van der Waals surface area (Å²) in [7, 11) is 0. The summed E-state index contributed by atoms with van der Waals surface area (Å²) in [5.41, 5.74) is 1.83. The molecule has 2 nitrogen and oxygen atoms in total. The van der Waals surface area contributed by atoms with Crippen LogP contribution in [-0.4, -0.2) is 16.1 Å². The van der Waals surface area contributed by atoms with Crippen LogP contribution in [0.25, 0.3) is 21.3 Å². The lowest BCUT2D eigenvalue weighted by Crippen LogP contribution is -2.03. The number of fused-ring (bicyclic) bond motifs is 1. The molecule has 0 atom stereocenters. The van der Waals surface area contributed by atoms with Crippen LogP contribution in [-0.2, 0) is 12.6 Å². The molecule has 0 spiro atoms. The quantitative estimate of drug-likeness (QED) is 0.734. The van der Waals surface area contributed by atoms with E-state index in [1.54, 1.807) is 0 Å². The van der Waals surface area contributed by atoms with Gasteiger partial charge in [-0.15, -0.1) is 0 Å². The first kappa shape index (κ1) is 16.0. The molecule has 0 amide bonds. The summed E-state index contributed by atoms with van der Waals surface area (Å²) in [5.74, 6) is 0. The third-order valence-corrected chi connectivity index (χ3v) is 4.45. The lowest BCUT2D eigenvalue weighted by Gasteiger charge is -2.07. The minimum atomic E-state index is -4.33. The van der Waals surface area contributed by atoms with Crippen LogP contribution in [0.3, 0.4) is 0 Å². The van der Waals surface area contributed by atoms with Crippen molar-refractivity contribution in [1.82, 2.24) is 4.37 Å². The van der Waals surface area contributed by atoms with Crippen molar-refractivity contribution in [1.29, 1.82) is 0 Å². The fourth-order valence-corrected chi connectivity index (χ4v) is 3.31. The van der Waals surface area contributed by atoms with E-state index in [-0.39, 0.29) is 6.61 Å². The van der Waals surface area contributed by atoms with Gasteiger partial charge in [-0.2, -0.15) is 17.5 Å². The van der Waals surface area contributed by atoms with E-state index in [4.69, 9.17) is 5.11 Å². The first-order chi connectivity index (χ1) is 11.0. The second-order valence-corrected chi connectivity index (χ2v) is 6.07. The van der Waals surface area contributed by atoms with Crippen molar-refractivity contribution in [3.8, 4) is 11.3 Å². The molecule has 1 aromatic heterocycles. The Kier molecular flexibility index (Phi) is 4.37. The molecular weight excluding hydrogens is 323 g/mol. The SMILES string of the molecule is OCCCc1ccc2c(-c3ccc(C(F)(F)F)cc3)nsc2c1. The maximum Gasteiger partial charge on any atom is 0.416 e. The van der Waals surface area contributed by atoms with Gasteiger partial charge >= 0.3 is 6.18 Å². The van der Waals surface area contributed by atoms with Gasteiger partial charge in [-0.05, 0) is 48.1 Å². The first-order valence-corrected chi connectivity index (χ1v) is 7.93. The van der Waals surface area contributed by atoms with Crippen LogP contribution < -0.4 is 0 Å². The van der Waals surface area contributed by atoms with Gasteiger partial charge in [0.05, 0.1) is 16.0 Å². The van der Waals surface area contributed by atoms with Gasteiger partial charge in [-0.3, -0.25) is 0 Å². The third-order valence-electron chi connectivity index (χ3n) is 3.65. The van der Waals surface area contributed by atoms with Crippen molar-refractivity contribution >= 4 is 21.6 Å². The van der Waals surface area contributed by atoms with E-state index in [1.165, 1.54) is 23.7 Å². The van der Waals surface area contributed by atoms with E-state index in [0.717, 1.165) is 34.2 Å². The van der Waals surface area contributed by atoms with Gasteiger partial charge in [0.2, 0.25) is 0 Å². The summed E-state index contributed by atoms with van der Waals surface area (Å²) >= 11 is 1.33. The highest BCUT2D eigenvalue weighted by Gasteiger charge is 2.30. The second-order valence-electron chi connectivity index (χ2n) is 5.26. The Hall–Kier alpha value is -1.92. The van der Waals surface area contributed by atoms with Crippen LogP contribution in [0, 0.1) is 0 Å². The van der Waals surface area contributed by atoms with Crippen molar-refractivity contribution in [2.24, 2.45) is 0 Å². The third kappa shape index (κ3) is 3.38. The van der Waals surface area contributed by atoms with Gasteiger partial charge < -0.3 is 5.11 Å². The van der Waals surface area contributed by atoms with Gasteiger partial charge in [0.25, 0.3) is 0 Å². The molecule has 1 N–H and O–H groups in total. The van der Waals surface area contributed by atoms with E-state index in [0.29, 0.717) is 17.7 Å². The molecule has 0 aliphatic heterocycles. The lowest BCUT2D eigenvalue weighted by atomic mass is 10.0. The van der Waals surface area contributed by atoms with Gasteiger partial charge in [0.1, 0.15) is 0 Å². The number of aliphatic hydroxyl groups is 1. The predicted molar refractivity (Wildman–Crippen MR) is 85.5 cm³/mol. The molecule has 3 aromatic rings. The van der Waals surface area contributed by atoms with Gasteiger partial charge in [-0.1, -0.05) is 24.3 Å². The smallest absolute Gasteiger partial charge is 0.396 e. The van der Waals surface area contributed by atoms with Crippen LogP contribution in [0.2, 0.25) is 0 Å². The maximum absolute atomic E-state index is 12.6. The van der Waals surface area contributed by atoms with Crippen molar-refractivity contribution in [2.45, 2.75) is 19.0 Å². The zero-order valence-electron chi connectivity index (χ0n) is 12.1. The summed E-state index contributed by atoms with van der Waals surface area (Å²) in [6.07, 6.45) is -2.83. The van der Waals surface area contributed by atoms with Crippen LogP contribution in [0.5, 0.6) is 0 Å². The Labute approximate surface area is 135 Å². The molecule has 0 saturated heterocycles. The molecule has 2 aromatic carbocycles. The molecule has 23 heavy (non-hydrogen) atoms. The van der Waals surface area contributed by atoms with Crippen molar-refractivity contribution < 1.29 is 18.3 Å². The molecule has 0 fully saturated rings. The fraction of sp³-hybridized carbons (Fsp3) is 0.235. The lowest BCUT2D eigenvalue weighted by molar-refractivity contribution is -0.137. The van der Waals surface area contributed by atoms with E-state index in [2.05, 4.69) is 4.37 Å². The number of nitrogens with zero attached hydrogens (tertiary/aromatic N) is 1. The molecule has 0 radical (unpaired) electrons. The number of rotatable bonds is 4. The summed E-state index contributed by atoms with van der Waals surface area (Å²) in [5, 5.41) is 9.82. The number of alkyl halides is 3. The summed E-state index contributed by atoms with van der Waals surface area (Å²) in [6.45, 7) is 0.150. The monoisotopic (exact) mass is 337 g/mol. The summed E-state index contributed by atoms with van der Waals surface area (Å²) in [6, 6.07) is 11.0. The van der Waals surface area contributed by atoms with Crippen LogP contribution in [0.4, 0.5) is 13.2 Å². The normalized spacial score (nSPS) is 12.0. The van der Waals surface area contributed by atoms with Gasteiger partial charge in [0, 0.05) is 17.6 Å². The molecule has 1 heterocycles. The number of hydrogen-bond acceptors (Lipinski definition) is 3. The zero-order valence-corrected chi connectivity index (χ0v) is 12.9. The first-order valence-electron chi connectivity index (χ1n) is 7.16. The Morgan fingerprint density at radius 3 is 2.43 bits per heavy atom. The standard InChI is InChI=1S/C17H14F3NOS/c18-17(19,20)13-6-4-12(5-7-13)16-14-8-3-11(2-1-9-22)10-15(14)23-21-16/h3-8,10,22H,1-2,9H2. The minimum Gasteiger partial charge on any atom is -0.396 e.